The minimum atomic E-state index is -5.22. The van der Waals surface area contributed by atoms with E-state index in [1.54, 1.807) is 24.3 Å². The van der Waals surface area contributed by atoms with E-state index >= 15 is 0 Å². The summed E-state index contributed by atoms with van der Waals surface area (Å²) in [5.41, 5.74) is -3.83. The Kier molecular flexibility index (Phi) is 4.55. The lowest BCUT2D eigenvalue weighted by Crippen LogP contribution is -2.53. The van der Waals surface area contributed by atoms with Crippen LogP contribution < -0.4 is 10.9 Å². The molecule has 1 amide bonds. The number of para-hydroxylation sites is 1. The molecule has 3 aromatic rings. The largest absolute Gasteiger partial charge is 0.431 e. The molecule has 0 radical (unpaired) electrons. The molecule has 1 atom stereocenters. The zero-order valence-corrected chi connectivity index (χ0v) is 13.8. The van der Waals surface area contributed by atoms with Gasteiger partial charge in [-0.15, -0.1) is 11.3 Å². The SMILES string of the molecule is O=C(NCc1nc2ccccc2c(=O)[nH]1)C(O)(c1cccs1)C(F)(F)F. The fraction of sp³-hybridized carbons (Fsp3) is 0.188. The number of fused-ring (bicyclic) bond motifs is 1. The van der Waals surface area contributed by atoms with E-state index in [9.17, 15) is 27.9 Å². The number of hydrogen-bond acceptors (Lipinski definition) is 5. The number of aromatic nitrogens is 2. The van der Waals surface area contributed by atoms with Gasteiger partial charge in [0.1, 0.15) is 5.82 Å². The number of aromatic amines is 1. The highest BCUT2D eigenvalue weighted by atomic mass is 32.1. The van der Waals surface area contributed by atoms with Crippen LogP contribution in [0.2, 0.25) is 0 Å². The standard InChI is InChI=1S/C16H12F3N3O3S/c17-16(18,19)15(25,11-6-3-7-26-11)14(24)20-8-12-21-10-5-2-1-4-9(10)13(23)22-12/h1-7,25H,8H2,(H,20,24)(H,21,22,23). The van der Waals surface area contributed by atoms with Crippen LogP contribution >= 0.6 is 11.3 Å². The highest BCUT2D eigenvalue weighted by Gasteiger charge is 2.61. The molecule has 0 aliphatic rings. The van der Waals surface area contributed by atoms with Gasteiger partial charge in [0.2, 0.25) is 0 Å². The van der Waals surface area contributed by atoms with E-state index in [0.717, 1.165) is 6.07 Å². The van der Waals surface area contributed by atoms with Crippen molar-refractivity contribution in [3.05, 3.63) is 62.8 Å². The van der Waals surface area contributed by atoms with Gasteiger partial charge in [-0.25, -0.2) is 4.98 Å². The summed E-state index contributed by atoms with van der Waals surface area (Å²) in [6.45, 7) is -0.483. The number of aliphatic hydroxyl groups is 1. The molecule has 26 heavy (non-hydrogen) atoms. The number of carbonyl (C=O) groups excluding carboxylic acids is 1. The topological polar surface area (TPSA) is 95.1 Å². The minimum absolute atomic E-state index is 0.0299. The quantitative estimate of drug-likeness (QED) is 0.643. The Morgan fingerprint density at radius 2 is 1.96 bits per heavy atom. The van der Waals surface area contributed by atoms with E-state index < -0.39 is 34.7 Å². The van der Waals surface area contributed by atoms with E-state index in [-0.39, 0.29) is 5.82 Å². The first-order valence-electron chi connectivity index (χ1n) is 7.33. The third-order valence-corrected chi connectivity index (χ3v) is 4.67. The van der Waals surface area contributed by atoms with Crippen LogP contribution in [0.25, 0.3) is 10.9 Å². The summed E-state index contributed by atoms with van der Waals surface area (Å²) in [6.07, 6.45) is -5.22. The molecule has 0 aliphatic carbocycles. The van der Waals surface area contributed by atoms with Crippen molar-refractivity contribution in [2.24, 2.45) is 0 Å². The van der Waals surface area contributed by atoms with Gasteiger partial charge in [-0.1, -0.05) is 18.2 Å². The number of benzene rings is 1. The zero-order valence-electron chi connectivity index (χ0n) is 13.0. The molecule has 136 valence electrons. The molecule has 0 spiro atoms. The van der Waals surface area contributed by atoms with E-state index in [4.69, 9.17) is 0 Å². The summed E-state index contributed by atoms with van der Waals surface area (Å²) < 4.78 is 40.0. The predicted octanol–water partition coefficient (Wildman–Crippen LogP) is 2.05. The van der Waals surface area contributed by atoms with Crippen molar-refractivity contribution in [3.63, 3.8) is 0 Å². The third-order valence-electron chi connectivity index (χ3n) is 3.69. The Morgan fingerprint density at radius 1 is 1.23 bits per heavy atom. The second kappa shape index (κ2) is 6.54. The molecule has 2 aromatic heterocycles. The highest BCUT2D eigenvalue weighted by molar-refractivity contribution is 7.10. The number of alkyl halides is 3. The van der Waals surface area contributed by atoms with Crippen molar-refractivity contribution in [2.75, 3.05) is 0 Å². The van der Waals surface area contributed by atoms with E-state index in [1.165, 1.54) is 11.4 Å². The van der Waals surface area contributed by atoms with E-state index in [1.807, 2.05) is 5.32 Å². The van der Waals surface area contributed by atoms with Crippen LogP contribution in [0.3, 0.4) is 0 Å². The van der Waals surface area contributed by atoms with Crippen LogP contribution in [0.1, 0.15) is 10.7 Å². The summed E-state index contributed by atoms with van der Waals surface area (Å²) in [6, 6.07) is 8.72. The number of thiophene rings is 1. The van der Waals surface area contributed by atoms with E-state index in [2.05, 4.69) is 9.97 Å². The molecule has 10 heteroatoms. The van der Waals surface area contributed by atoms with Crippen LogP contribution in [0.4, 0.5) is 13.2 Å². The lowest BCUT2D eigenvalue weighted by atomic mass is 10.00. The number of nitrogens with zero attached hydrogens (tertiary/aromatic N) is 1. The molecular formula is C16H12F3N3O3S. The van der Waals surface area contributed by atoms with Crippen molar-refractivity contribution in [3.8, 4) is 0 Å². The summed E-state index contributed by atoms with van der Waals surface area (Å²) >= 11 is 0.607. The Morgan fingerprint density at radius 3 is 2.62 bits per heavy atom. The first kappa shape index (κ1) is 18.1. The molecule has 0 bridgehead atoms. The molecule has 2 heterocycles. The van der Waals surface area contributed by atoms with Gasteiger partial charge < -0.3 is 15.4 Å². The summed E-state index contributed by atoms with van der Waals surface area (Å²) in [7, 11) is 0. The number of H-pyrrole nitrogens is 1. The molecule has 1 unspecified atom stereocenters. The van der Waals surface area contributed by atoms with Gasteiger partial charge in [0, 0.05) is 0 Å². The van der Waals surface area contributed by atoms with Crippen LogP contribution in [-0.4, -0.2) is 27.2 Å². The van der Waals surface area contributed by atoms with Gasteiger partial charge >= 0.3 is 6.18 Å². The van der Waals surface area contributed by atoms with Crippen molar-refractivity contribution >= 4 is 28.1 Å². The molecule has 0 saturated carbocycles. The third kappa shape index (κ3) is 3.08. The smallest absolute Gasteiger partial charge is 0.368 e. The molecule has 3 rings (SSSR count). The van der Waals surface area contributed by atoms with E-state index in [0.29, 0.717) is 22.2 Å². The Balaban J connectivity index is 1.87. The molecular weight excluding hydrogens is 371 g/mol. The van der Waals surface area contributed by atoms with Gasteiger partial charge in [0.15, 0.2) is 0 Å². The summed E-state index contributed by atoms with van der Waals surface area (Å²) in [5.74, 6) is -1.68. The second-order valence-electron chi connectivity index (χ2n) is 5.40. The van der Waals surface area contributed by atoms with Crippen molar-refractivity contribution < 1.29 is 23.1 Å². The molecule has 0 aliphatic heterocycles. The van der Waals surface area contributed by atoms with Gasteiger partial charge in [-0.2, -0.15) is 13.2 Å². The normalized spacial score (nSPS) is 14.2. The van der Waals surface area contributed by atoms with Crippen molar-refractivity contribution in [1.29, 1.82) is 0 Å². The van der Waals surface area contributed by atoms with Crippen LogP contribution in [0.5, 0.6) is 0 Å². The highest BCUT2D eigenvalue weighted by Crippen LogP contribution is 2.41. The fourth-order valence-corrected chi connectivity index (χ4v) is 3.22. The first-order valence-corrected chi connectivity index (χ1v) is 8.21. The molecule has 0 saturated heterocycles. The Hall–Kier alpha value is -2.72. The van der Waals surface area contributed by atoms with Crippen LogP contribution in [-0.2, 0) is 16.9 Å². The Bertz CT molecular complexity index is 1000. The fourth-order valence-electron chi connectivity index (χ4n) is 2.38. The average molecular weight is 383 g/mol. The molecule has 1 aromatic carbocycles. The maximum atomic E-state index is 13.3. The minimum Gasteiger partial charge on any atom is -0.368 e. The van der Waals surface area contributed by atoms with Crippen LogP contribution in [0, 0.1) is 0 Å². The van der Waals surface area contributed by atoms with Gasteiger partial charge in [-0.05, 0) is 23.6 Å². The number of hydrogen-bond donors (Lipinski definition) is 3. The van der Waals surface area contributed by atoms with Crippen molar-refractivity contribution in [1.82, 2.24) is 15.3 Å². The second-order valence-corrected chi connectivity index (χ2v) is 6.35. The average Bonchev–Trinajstić information content (AvgIpc) is 3.13. The molecule has 0 fully saturated rings. The monoisotopic (exact) mass is 383 g/mol. The lowest BCUT2D eigenvalue weighted by Gasteiger charge is -2.28. The maximum absolute atomic E-state index is 13.3. The van der Waals surface area contributed by atoms with Gasteiger partial charge in [0.25, 0.3) is 17.1 Å². The maximum Gasteiger partial charge on any atom is 0.431 e. The number of nitrogens with one attached hydrogen (secondary N) is 2. The molecule has 6 nitrogen and oxygen atoms in total. The van der Waals surface area contributed by atoms with Gasteiger partial charge in [-0.3, -0.25) is 9.59 Å². The number of halogens is 3. The predicted molar refractivity (Wildman–Crippen MR) is 88.5 cm³/mol. The lowest BCUT2D eigenvalue weighted by molar-refractivity contribution is -0.255. The number of amides is 1. The summed E-state index contributed by atoms with van der Waals surface area (Å²) in [4.78, 5) is 30.0. The van der Waals surface area contributed by atoms with Crippen molar-refractivity contribution in [2.45, 2.75) is 18.3 Å². The van der Waals surface area contributed by atoms with Gasteiger partial charge in [0.05, 0.1) is 22.3 Å². The molecule has 3 N–H and O–H groups in total. The zero-order chi connectivity index (χ0) is 18.9. The number of rotatable bonds is 4. The Labute approximate surface area is 148 Å². The number of carbonyl (C=O) groups is 1. The van der Waals surface area contributed by atoms with Crippen LogP contribution in [0.15, 0.2) is 46.6 Å². The first-order chi connectivity index (χ1) is 12.2. The summed E-state index contributed by atoms with van der Waals surface area (Å²) in [5, 5.41) is 13.7.